The number of nitrogens with two attached hydrogens (primary N) is 2. The molecule has 0 heterocycles. The Morgan fingerprint density at radius 1 is 0.795 bits per heavy atom. The molecule has 0 saturated carbocycles. The molecule has 0 aliphatic carbocycles. The fourth-order valence-corrected chi connectivity index (χ4v) is 3.88. The molecule has 0 saturated heterocycles. The highest BCUT2D eigenvalue weighted by molar-refractivity contribution is 5.99. The second-order valence-electron chi connectivity index (χ2n) is 8.73. The van der Waals surface area contributed by atoms with Crippen molar-refractivity contribution in [3.05, 3.63) is 119 Å². The maximum Gasteiger partial charge on any atom is 0.251 e. The zero-order chi connectivity index (χ0) is 27.8. The van der Waals surface area contributed by atoms with Gasteiger partial charge in [0.1, 0.15) is 24.3 Å². The van der Waals surface area contributed by atoms with Crippen LogP contribution >= 0.6 is 0 Å². The molecule has 9 heteroatoms. The van der Waals surface area contributed by atoms with Crippen LogP contribution in [-0.4, -0.2) is 24.7 Å². The van der Waals surface area contributed by atoms with Gasteiger partial charge in [0.15, 0.2) is 11.5 Å². The number of carbonyl (C=O) groups is 1. The van der Waals surface area contributed by atoms with E-state index in [-0.39, 0.29) is 17.6 Å². The summed E-state index contributed by atoms with van der Waals surface area (Å²) in [4.78, 5) is 13.5. The number of hydrogen-bond donors (Lipinski definition) is 6. The molecule has 0 radical (unpaired) electrons. The van der Waals surface area contributed by atoms with E-state index in [1.54, 1.807) is 67.8 Å². The lowest BCUT2D eigenvalue weighted by molar-refractivity contribution is -0.117. The molecule has 0 fully saturated rings. The molecule has 1 amide bonds. The van der Waals surface area contributed by atoms with Crippen LogP contribution in [0.3, 0.4) is 0 Å². The predicted molar refractivity (Wildman–Crippen MR) is 154 cm³/mol. The molecular formula is C30H30N6O3. The van der Waals surface area contributed by atoms with Gasteiger partial charge in [-0.1, -0.05) is 36.4 Å². The number of rotatable bonds is 11. The first-order valence-electron chi connectivity index (χ1n) is 12.1. The lowest BCUT2D eigenvalue weighted by Gasteiger charge is -2.22. The molecular weight excluding hydrogens is 492 g/mol. The van der Waals surface area contributed by atoms with Crippen molar-refractivity contribution in [2.75, 3.05) is 17.7 Å². The Balaban J connectivity index is 1.61. The van der Waals surface area contributed by atoms with Crippen molar-refractivity contribution in [2.24, 2.45) is 11.5 Å². The fourth-order valence-electron chi connectivity index (χ4n) is 3.88. The second kappa shape index (κ2) is 12.3. The molecule has 1 atom stereocenters. The number of amidine groups is 2. The highest BCUT2D eigenvalue weighted by atomic mass is 16.5. The minimum absolute atomic E-state index is 0.0410. The topological polar surface area (TPSA) is 159 Å². The molecule has 4 aromatic carbocycles. The van der Waals surface area contributed by atoms with Crippen LogP contribution in [0.15, 0.2) is 97.1 Å². The number of ether oxygens (including phenoxy) is 2. The van der Waals surface area contributed by atoms with Crippen molar-refractivity contribution in [3.63, 3.8) is 0 Å². The summed E-state index contributed by atoms with van der Waals surface area (Å²) in [7, 11) is 1.55. The molecule has 39 heavy (non-hydrogen) atoms. The number of hydrogen-bond acceptors (Lipinski definition) is 6. The van der Waals surface area contributed by atoms with Crippen LogP contribution in [-0.2, 0) is 11.4 Å². The van der Waals surface area contributed by atoms with E-state index in [0.717, 1.165) is 5.56 Å². The lowest BCUT2D eigenvalue weighted by Crippen LogP contribution is -2.27. The van der Waals surface area contributed by atoms with Gasteiger partial charge in [0.25, 0.3) is 5.91 Å². The van der Waals surface area contributed by atoms with Crippen molar-refractivity contribution in [3.8, 4) is 11.5 Å². The van der Waals surface area contributed by atoms with Crippen LogP contribution in [0.4, 0.5) is 11.4 Å². The van der Waals surface area contributed by atoms with Crippen LogP contribution < -0.4 is 31.6 Å². The maximum absolute atomic E-state index is 13.5. The smallest absolute Gasteiger partial charge is 0.251 e. The standard InChI is InChI=1S/C30H30N6O3/c1-38-26-17-22(11-16-25(26)39-18-19-5-3-2-4-6-19)27(35-23-12-7-20(8-13-23)28(31)32)30(37)36-24-14-9-21(10-15-24)29(33)34/h2-17,27,35H,18H2,1H3,(H3,31,32)(H3,33,34)(H,36,37). The first-order valence-corrected chi connectivity index (χ1v) is 12.1. The normalized spacial score (nSPS) is 11.2. The third kappa shape index (κ3) is 6.92. The van der Waals surface area contributed by atoms with Gasteiger partial charge < -0.3 is 31.6 Å². The van der Waals surface area contributed by atoms with E-state index < -0.39 is 6.04 Å². The minimum atomic E-state index is -0.808. The quantitative estimate of drug-likeness (QED) is 0.124. The molecule has 0 aliphatic rings. The van der Waals surface area contributed by atoms with Crippen LogP contribution in [0, 0.1) is 10.8 Å². The molecule has 0 aliphatic heterocycles. The molecule has 198 valence electrons. The van der Waals surface area contributed by atoms with Crippen LogP contribution in [0.1, 0.15) is 28.3 Å². The zero-order valence-electron chi connectivity index (χ0n) is 21.4. The third-order valence-electron chi connectivity index (χ3n) is 5.99. The second-order valence-corrected chi connectivity index (χ2v) is 8.73. The van der Waals surface area contributed by atoms with Gasteiger partial charge in [0.05, 0.1) is 7.11 Å². The Kier molecular flexibility index (Phi) is 8.43. The number of anilines is 2. The predicted octanol–water partition coefficient (Wildman–Crippen LogP) is 4.63. The third-order valence-corrected chi connectivity index (χ3v) is 5.99. The van der Waals surface area contributed by atoms with Gasteiger partial charge in [-0.2, -0.15) is 0 Å². The summed E-state index contributed by atoms with van der Waals surface area (Å²) in [5.74, 6) is 0.626. The summed E-state index contributed by atoms with van der Waals surface area (Å²) in [6.45, 7) is 0.372. The largest absolute Gasteiger partial charge is 0.493 e. The molecule has 9 nitrogen and oxygen atoms in total. The SMILES string of the molecule is COc1cc(C(Nc2ccc(C(=N)N)cc2)C(=O)Nc2ccc(C(=N)N)cc2)ccc1OCc1ccccc1. The summed E-state index contributed by atoms with van der Waals surface area (Å²) >= 11 is 0. The van der Waals surface area contributed by atoms with Gasteiger partial charge in [0.2, 0.25) is 0 Å². The Labute approximate surface area is 226 Å². The van der Waals surface area contributed by atoms with E-state index in [1.807, 2.05) is 36.4 Å². The van der Waals surface area contributed by atoms with E-state index in [4.69, 9.17) is 31.8 Å². The van der Waals surface area contributed by atoms with E-state index in [9.17, 15) is 4.79 Å². The number of nitrogens with one attached hydrogen (secondary N) is 4. The van der Waals surface area contributed by atoms with Crippen molar-refractivity contribution < 1.29 is 14.3 Å². The molecule has 0 spiro atoms. The molecule has 4 rings (SSSR count). The van der Waals surface area contributed by atoms with Crippen molar-refractivity contribution in [2.45, 2.75) is 12.6 Å². The monoisotopic (exact) mass is 522 g/mol. The van der Waals surface area contributed by atoms with Crippen molar-refractivity contribution >= 4 is 29.0 Å². The van der Waals surface area contributed by atoms with Crippen LogP contribution in [0.5, 0.6) is 11.5 Å². The summed E-state index contributed by atoms with van der Waals surface area (Å²) in [5, 5.41) is 21.4. The van der Waals surface area contributed by atoms with Gasteiger partial charge >= 0.3 is 0 Å². The van der Waals surface area contributed by atoms with E-state index in [0.29, 0.717) is 46.2 Å². The number of carbonyl (C=O) groups excluding carboxylic acids is 1. The highest BCUT2D eigenvalue weighted by Crippen LogP contribution is 2.33. The first kappa shape index (κ1) is 26.7. The number of methoxy groups -OCH3 is 1. The Bertz CT molecular complexity index is 1450. The van der Waals surface area contributed by atoms with Gasteiger partial charge in [-0.3, -0.25) is 15.6 Å². The molecule has 0 bridgehead atoms. The fraction of sp³-hybridized carbons (Fsp3) is 0.100. The Morgan fingerprint density at radius 2 is 1.38 bits per heavy atom. The summed E-state index contributed by atoms with van der Waals surface area (Å²) < 4.78 is 11.6. The Hall–Kier alpha value is -5.31. The average molecular weight is 523 g/mol. The van der Waals surface area contributed by atoms with Crippen LogP contribution in [0.2, 0.25) is 0 Å². The zero-order valence-corrected chi connectivity index (χ0v) is 21.4. The van der Waals surface area contributed by atoms with E-state index in [1.165, 1.54) is 0 Å². The number of benzene rings is 4. The summed E-state index contributed by atoms with van der Waals surface area (Å²) in [6, 6.07) is 28.0. The van der Waals surface area contributed by atoms with Crippen molar-refractivity contribution in [1.82, 2.24) is 0 Å². The average Bonchev–Trinajstić information content (AvgIpc) is 2.95. The van der Waals surface area contributed by atoms with Gasteiger partial charge in [-0.25, -0.2) is 0 Å². The molecule has 0 aromatic heterocycles. The lowest BCUT2D eigenvalue weighted by atomic mass is 10.0. The van der Waals surface area contributed by atoms with E-state index in [2.05, 4.69) is 10.6 Å². The Morgan fingerprint density at radius 3 is 1.95 bits per heavy atom. The first-order chi connectivity index (χ1) is 18.8. The van der Waals surface area contributed by atoms with Gasteiger partial charge in [-0.15, -0.1) is 0 Å². The number of nitrogen functional groups attached to an aromatic ring is 2. The molecule has 1 unspecified atom stereocenters. The van der Waals surface area contributed by atoms with Crippen LogP contribution in [0.25, 0.3) is 0 Å². The highest BCUT2D eigenvalue weighted by Gasteiger charge is 2.23. The summed E-state index contributed by atoms with van der Waals surface area (Å²) in [6.07, 6.45) is 0. The van der Waals surface area contributed by atoms with E-state index >= 15 is 0 Å². The minimum Gasteiger partial charge on any atom is -0.493 e. The molecule has 4 aromatic rings. The van der Waals surface area contributed by atoms with Gasteiger partial charge in [0, 0.05) is 22.5 Å². The summed E-state index contributed by atoms with van der Waals surface area (Å²) in [5.41, 5.74) is 15.1. The van der Waals surface area contributed by atoms with Crippen molar-refractivity contribution in [1.29, 1.82) is 10.8 Å². The number of amides is 1. The van der Waals surface area contributed by atoms with Gasteiger partial charge in [-0.05, 0) is 71.8 Å². The molecule has 8 N–H and O–H groups in total. The maximum atomic E-state index is 13.5.